The summed E-state index contributed by atoms with van der Waals surface area (Å²) in [5.41, 5.74) is 0. The van der Waals surface area contributed by atoms with Crippen molar-refractivity contribution in [2.75, 3.05) is 0 Å². The maximum absolute atomic E-state index is 6.02. The summed E-state index contributed by atoms with van der Waals surface area (Å²) in [7, 11) is 0. The summed E-state index contributed by atoms with van der Waals surface area (Å²) in [5.74, 6) is 1.41. The van der Waals surface area contributed by atoms with Crippen LogP contribution in [0.4, 0.5) is 0 Å². The van der Waals surface area contributed by atoms with E-state index in [-0.39, 0.29) is 0 Å². The Morgan fingerprint density at radius 1 is 0.526 bits per heavy atom. The lowest BCUT2D eigenvalue weighted by atomic mass is 10.3. The monoisotopic (exact) mass is 638 g/mol. The van der Waals surface area contributed by atoms with Crippen LogP contribution in [0.2, 0.25) is 0 Å². The molecule has 0 spiro atoms. The third-order valence-electron chi connectivity index (χ3n) is 2.21. The number of hydrogen-bond acceptors (Lipinski definition) is 1. The van der Waals surface area contributed by atoms with Gasteiger partial charge in [0.05, 0.1) is 17.9 Å². The minimum Gasteiger partial charge on any atom is -0.453 e. The first kappa shape index (κ1) is 16.5. The number of rotatable bonds is 2. The van der Waals surface area contributed by atoms with Gasteiger partial charge in [-0.3, -0.25) is 0 Å². The van der Waals surface area contributed by atoms with E-state index in [1.807, 2.05) is 24.3 Å². The molecule has 0 heterocycles. The predicted molar refractivity (Wildman–Crippen MR) is 99.2 cm³/mol. The first-order valence-electron chi connectivity index (χ1n) is 4.86. The lowest BCUT2D eigenvalue weighted by molar-refractivity contribution is 0.469. The Balaban J connectivity index is 2.54. The molecule has 0 fully saturated rings. The van der Waals surface area contributed by atoms with Gasteiger partial charge in [-0.25, -0.2) is 0 Å². The summed E-state index contributed by atoms with van der Waals surface area (Å²) in [6.07, 6.45) is 0. The van der Waals surface area contributed by atoms with Crippen molar-refractivity contribution in [3.63, 3.8) is 0 Å². The van der Waals surface area contributed by atoms with Crippen LogP contribution < -0.4 is 4.74 Å². The average molecular weight is 644 g/mol. The zero-order chi connectivity index (χ0) is 14.2. The summed E-state index contributed by atoms with van der Waals surface area (Å²) in [5, 5.41) is 0. The Morgan fingerprint density at radius 2 is 0.842 bits per heavy atom. The second-order valence-corrected chi connectivity index (χ2v) is 8.45. The lowest BCUT2D eigenvalue weighted by Gasteiger charge is -2.14. The minimum absolute atomic E-state index is 0.703. The Kier molecular flexibility index (Phi) is 6.01. The van der Waals surface area contributed by atoms with Gasteiger partial charge in [-0.15, -0.1) is 0 Å². The first-order valence-corrected chi connectivity index (χ1v) is 9.62. The van der Waals surface area contributed by atoms with Crippen LogP contribution in [0, 0.1) is 0 Å². The quantitative estimate of drug-likeness (QED) is 0.301. The van der Waals surface area contributed by atoms with E-state index in [4.69, 9.17) is 4.74 Å². The van der Waals surface area contributed by atoms with Crippen molar-refractivity contribution in [1.29, 1.82) is 0 Å². The van der Waals surface area contributed by atoms with E-state index < -0.39 is 0 Å². The molecular weight excluding hydrogens is 640 g/mol. The Morgan fingerprint density at radius 3 is 1.21 bits per heavy atom. The minimum atomic E-state index is 0.703. The second-order valence-electron chi connectivity index (χ2n) is 3.45. The molecule has 7 heteroatoms. The molecule has 0 aliphatic rings. The third kappa shape index (κ3) is 3.66. The van der Waals surface area contributed by atoms with Gasteiger partial charge in [0.25, 0.3) is 0 Å². The van der Waals surface area contributed by atoms with Crippen LogP contribution in [0.25, 0.3) is 0 Å². The largest absolute Gasteiger partial charge is 0.453 e. The Bertz CT molecular complexity index is 585. The van der Waals surface area contributed by atoms with E-state index in [0.717, 1.165) is 26.8 Å². The number of hydrogen-bond donors (Lipinski definition) is 0. The second kappa shape index (κ2) is 6.92. The van der Waals surface area contributed by atoms with Crippen molar-refractivity contribution < 1.29 is 4.74 Å². The molecule has 2 aromatic rings. The molecule has 2 aromatic carbocycles. The van der Waals surface area contributed by atoms with Crippen LogP contribution in [-0.2, 0) is 0 Å². The van der Waals surface area contributed by atoms with Crippen LogP contribution >= 0.6 is 95.6 Å². The molecule has 100 valence electrons. The van der Waals surface area contributed by atoms with Crippen molar-refractivity contribution in [1.82, 2.24) is 0 Å². The van der Waals surface area contributed by atoms with Crippen molar-refractivity contribution >= 4 is 95.6 Å². The van der Waals surface area contributed by atoms with Gasteiger partial charge in [0, 0.05) is 8.95 Å². The highest BCUT2D eigenvalue weighted by Crippen LogP contribution is 2.46. The molecule has 0 atom stereocenters. The van der Waals surface area contributed by atoms with Crippen LogP contribution in [-0.4, -0.2) is 0 Å². The number of benzene rings is 2. The normalized spacial score (nSPS) is 10.6. The van der Waals surface area contributed by atoms with Gasteiger partial charge in [0.2, 0.25) is 0 Å². The molecule has 0 radical (unpaired) electrons. The highest BCUT2D eigenvalue weighted by molar-refractivity contribution is 9.13. The van der Waals surface area contributed by atoms with E-state index in [0.29, 0.717) is 11.5 Å². The molecule has 0 aliphatic carbocycles. The lowest BCUT2D eigenvalue weighted by Crippen LogP contribution is -1.91. The maximum atomic E-state index is 6.02. The highest BCUT2D eigenvalue weighted by Gasteiger charge is 2.16. The van der Waals surface area contributed by atoms with E-state index >= 15 is 0 Å². The van der Waals surface area contributed by atoms with E-state index in [1.54, 1.807) is 0 Å². The SMILES string of the molecule is Brc1ccc(Br)c(Oc2c(Br)ccc(Br)c2Br)c1Br. The van der Waals surface area contributed by atoms with Gasteiger partial charge >= 0.3 is 0 Å². The predicted octanol–water partition coefficient (Wildman–Crippen LogP) is 8.05. The molecular formula is C12H4Br6O. The fourth-order valence-corrected chi connectivity index (χ4v) is 4.14. The maximum Gasteiger partial charge on any atom is 0.157 e. The van der Waals surface area contributed by atoms with Gasteiger partial charge in [-0.1, -0.05) is 0 Å². The Labute approximate surface area is 161 Å². The number of ether oxygens (including phenoxy) is 1. The van der Waals surface area contributed by atoms with Gasteiger partial charge in [0.15, 0.2) is 11.5 Å². The summed E-state index contributed by atoms with van der Waals surface area (Å²) >= 11 is 20.9. The summed E-state index contributed by atoms with van der Waals surface area (Å²) < 4.78 is 11.3. The highest BCUT2D eigenvalue weighted by atomic mass is 79.9. The van der Waals surface area contributed by atoms with E-state index in [2.05, 4.69) is 95.6 Å². The molecule has 1 nitrogen and oxygen atoms in total. The molecule has 0 bridgehead atoms. The van der Waals surface area contributed by atoms with Crippen molar-refractivity contribution in [2.45, 2.75) is 0 Å². The average Bonchev–Trinajstić information content (AvgIpc) is 2.38. The van der Waals surface area contributed by atoms with Crippen LogP contribution in [0.5, 0.6) is 11.5 Å². The molecule has 0 aromatic heterocycles. The van der Waals surface area contributed by atoms with Crippen LogP contribution in [0.1, 0.15) is 0 Å². The fraction of sp³-hybridized carbons (Fsp3) is 0. The Hall–Kier alpha value is 1.12. The molecule has 0 saturated heterocycles. The smallest absolute Gasteiger partial charge is 0.157 e. The third-order valence-corrected chi connectivity index (χ3v) is 7.42. The van der Waals surface area contributed by atoms with Crippen molar-refractivity contribution in [3.8, 4) is 11.5 Å². The van der Waals surface area contributed by atoms with Crippen LogP contribution in [0.3, 0.4) is 0 Å². The van der Waals surface area contributed by atoms with Crippen molar-refractivity contribution in [3.05, 3.63) is 51.1 Å². The number of halogens is 6. The standard InChI is InChI=1S/C12H4Br6O/c13-5-1-3-7(15)11(9(5)17)19-12-8(16)4-2-6(14)10(12)18/h1-4H. The van der Waals surface area contributed by atoms with Crippen LogP contribution in [0.15, 0.2) is 51.1 Å². The molecule has 0 amide bonds. The summed E-state index contributed by atoms with van der Waals surface area (Å²) in [6.45, 7) is 0. The molecule has 0 saturated carbocycles. The molecule has 0 N–H and O–H groups in total. The zero-order valence-electron chi connectivity index (χ0n) is 8.99. The van der Waals surface area contributed by atoms with E-state index in [1.165, 1.54) is 0 Å². The molecule has 19 heavy (non-hydrogen) atoms. The fourth-order valence-electron chi connectivity index (χ4n) is 1.31. The van der Waals surface area contributed by atoms with Gasteiger partial charge < -0.3 is 4.74 Å². The topological polar surface area (TPSA) is 9.23 Å². The summed E-state index contributed by atoms with van der Waals surface area (Å²) in [4.78, 5) is 0. The summed E-state index contributed by atoms with van der Waals surface area (Å²) in [6, 6.07) is 7.71. The first-order chi connectivity index (χ1) is 8.91. The van der Waals surface area contributed by atoms with Crippen molar-refractivity contribution in [2.24, 2.45) is 0 Å². The van der Waals surface area contributed by atoms with Gasteiger partial charge in [0.1, 0.15) is 0 Å². The van der Waals surface area contributed by atoms with Gasteiger partial charge in [-0.05, 0) is 120 Å². The molecule has 0 aliphatic heterocycles. The van der Waals surface area contributed by atoms with E-state index in [9.17, 15) is 0 Å². The molecule has 2 rings (SSSR count). The zero-order valence-corrected chi connectivity index (χ0v) is 18.5. The molecule has 0 unspecified atom stereocenters. The van der Waals surface area contributed by atoms with Gasteiger partial charge in [-0.2, -0.15) is 0 Å².